The fourth-order valence-electron chi connectivity index (χ4n) is 2.64. The number of pyridine rings is 1. The first-order chi connectivity index (χ1) is 13.6. The molecule has 0 fully saturated rings. The molecule has 0 N–H and O–H groups in total. The van der Waals surface area contributed by atoms with E-state index in [0.29, 0.717) is 36.1 Å². The summed E-state index contributed by atoms with van der Waals surface area (Å²) in [5.41, 5.74) is 0.943. The molecule has 0 radical (unpaired) electrons. The summed E-state index contributed by atoms with van der Waals surface area (Å²) in [4.78, 5) is 20.8. The highest BCUT2D eigenvalue weighted by Gasteiger charge is 2.23. The highest BCUT2D eigenvalue weighted by atomic mass is 35.5. The fraction of sp³-hybridized carbons (Fsp3) is 0.263. The van der Waals surface area contributed by atoms with E-state index in [1.807, 2.05) is 0 Å². The van der Waals surface area contributed by atoms with Crippen LogP contribution in [0.4, 0.5) is 0 Å². The van der Waals surface area contributed by atoms with Gasteiger partial charge >= 0.3 is 5.97 Å². The van der Waals surface area contributed by atoms with Crippen LogP contribution in [-0.2, 0) is 4.74 Å². The third-order valence-corrected chi connectivity index (χ3v) is 4.31. The standard InChI is InChI=1S/C19H16ClN3O5/c1-11(18-22-17(23-28-18)12-4-2-5-21-10-12)27-19(24)13-8-14(20)16-15(9-13)25-6-3-7-26-16/h2,4-5,8-11H,3,6-7H2,1H3. The van der Waals surface area contributed by atoms with Crippen molar-refractivity contribution in [1.29, 1.82) is 0 Å². The van der Waals surface area contributed by atoms with E-state index in [2.05, 4.69) is 15.1 Å². The molecule has 144 valence electrons. The molecule has 0 saturated carbocycles. The lowest BCUT2D eigenvalue weighted by Gasteiger charge is -2.13. The van der Waals surface area contributed by atoms with Crippen molar-refractivity contribution in [3.8, 4) is 22.9 Å². The van der Waals surface area contributed by atoms with Gasteiger partial charge in [-0.3, -0.25) is 4.98 Å². The Morgan fingerprint density at radius 1 is 1.29 bits per heavy atom. The molecule has 8 nitrogen and oxygen atoms in total. The minimum Gasteiger partial charge on any atom is -0.489 e. The largest absolute Gasteiger partial charge is 0.489 e. The monoisotopic (exact) mass is 401 g/mol. The number of rotatable bonds is 4. The third-order valence-electron chi connectivity index (χ3n) is 4.03. The van der Waals surface area contributed by atoms with Crippen molar-refractivity contribution in [2.75, 3.05) is 13.2 Å². The van der Waals surface area contributed by atoms with Crippen LogP contribution in [0.5, 0.6) is 11.5 Å². The zero-order valence-electron chi connectivity index (χ0n) is 14.9. The number of carbonyl (C=O) groups excluding carboxylic acids is 1. The lowest BCUT2D eigenvalue weighted by atomic mass is 10.2. The Bertz CT molecular complexity index is 992. The molecule has 28 heavy (non-hydrogen) atoms. The molecule has 9 heteroatoms. The smallest absolute Gasteiger partial charge is 0.339 e. The summed E-state index contributed by atoms with van der Waals surface area (Å²) in [6.45, 7) is 2.63. The van der Waals surface area contributed by atoms with Crippen LogP contribution in [0.2, 0.25) is 5.02 Å². The predicted molar refractivity (Wildman–Crippen MR) is 98.4 cm³/mol. The molecular formula is C19H16ClN3O5. The molecule has 1 unspecified atom stereocenters. The van der Waals surface area contributed by atoms with Crippen molar-refractivity contribution in [3.63, 3.8) is 0 Å². The van der Waals surface area contributed by atoms with Crippen molar-refractivity contribution in [2.45, 2.75) is 19.4 Å². The molecule has 0 aliphatic carbocycles. The second-order valence-electron chi connectivity index (χ2n) is 6.08. The van der Waals surface area contributed by atoms with Crippen LogP contribution < -0.4 is 9.47 Å². The number of halogens is 1. The highest BCUT2D eigenvalue weighted by molar-refractivity contribution is 6.32. The van der Waals surface area contributed by atoms with Gasteiger partial charge in [0.1, 0.15) is 0 Å². The molecule has 1 aliphatic heterocycles. The second-order valence-corrected chi connectivity index (χ2v) is 6.49. The molecule has 3 aromatic rings. The summed E-state index contributed by atoms with van der Waals surface area (Å²) in [7, 11) is 0. The maximum absolute atomic E-state index is 12.6. The Kier molecular flexibility index (Phi) is 5.12. The summed E-state index contributed by atoms with van der Waals surface area (Å²) in [5, 5.41) is 4.18. The molecule has 3 heterocycles. The Morgan fingerprint density at radius 2 is 2.14 bits per heavy atom. The van der Waals surface area contributed by atoms with E-state index in [-0.39, 0.29) is 16.5 Å². The maximum atomic E-state index is 12.6. The first-order valence-corrected chi connectivity index (χ1v) is 9.04. The molecule has 0 bridgehead atoms. The molecule has 0 amide bonds. The Labute approximate surface area is 165 Å². The van der Waals surface area contributed by atoms with Crippen LogP contribution in [-0.4, -0.2) is 34.3 Å². The molecule has 1 aliphatic rings. The number of carbonyl (C=O) groups is 1. The number of benzene rings is 1. The zero-order valence-corrected chi connectivity index (χ0v) is 15.7. The van der Waals surface area contributed by atoms with Gasteiger partial charge in [-0.1, -0.05) is 16.8 Å². The highest BCUT2D eigenvalue weighted by Crippen LogP contribution is 2.38. The SMILES string of the molecule is CC(OC(=O)c1cc(Cl)c2c(c1)OCCCO2)c1nc(-c2cccnc2)no1. The van der Waals surface area contributed by atoms with Crippen LogP contribution in [0.3, 0.4) is 0 Å². The zero-order chi connectivity index (χ0) is 19.5. The number of aromatic nitrogens is 3. The van der Waals surface area contributed by atoms with Crippen LogP contribution >= 0.6 is 11.6 Å². The molecule has 1 atom stereocenters. The topological polar surface area (TPSA) is 96.6 Å². The molecule has 1 aromatic carbocycles. The normalized spacial score (nSPS) is 14.2. The second kappa shape index (κ2) is 7.85. The van der Waals surface area contributed by atoms with Gasteiger partial charge in [-0.2, -0.15) is 4.98 Å². The predicted octanol–water partition coefficient (Wildman–Crippen LogP) is 3.86. The fourth-order valence-corrected chi connectivity index (χ4v) is 2.91. The molecule has 4 rings (SSSR count). The quantitative estimate of drug-likeness (QED) is 0.608. The van der Waals surface area contributed by atoms with Gasteiger partial charge in [-0.25, -0.2) is 4.79 Å². The number of hydrogen-bond acceptors (Lipinski definition) is 8. The number of ether oxygens (including phenoxy) is 3. The summed E-state index contributed by atoms with van der Waals surface area (Å²) in [5.74, 6) is 0.798. The maximum Gasteiger partial charge on any atom is 0.339 e. The molecular weight excluding hydrogens is 386 g/mol. The van der Waals surface area contributed by atoms with Gasteiger partial charge < -0.3 is 18.7 Å². The van der Waals surface area contributed by atoms with Crippen molar-refractivity contribution >= 4 is 17.6 Å². The van der Waals surface area contributed by atoms with E-state index in [1.165, 1.54) is 6.07 Å². The molecule has 2 aromatic heterocycles. The first kappa shape index (κ1) is 18.2. The summed E-state index contributed by atoms with van der Waals surface area (Å²) >= 11 is 6.23. The lowest BCUT2D eigenvalue weighted by molar-refractivity contribution is 0.0265. The van der Waals surface area contributed by atoms with Gasteiger partial charge in [-0.15, -0.1) is 0 Å². The molecule has 0 saturated heterocycles. The number of esters is 1. The number of nitrogens with zero attached hydrogens (tertiary/aromatic N) is 3. The van der Waals surface area contributed by atoms with Crippen molar-refractivity contribution in [1.82, 2.24) is 15.1 Å². The third kappa shape index (κ3) is 3.77. The lowest BCUT2D eigenvalue weighted by Crippen LogP contribution is -2.10. The average Bonchev–Trinajstić information content (AvgIpc) is 3.08. The molecule has 0 spiro atoms. The first-order valence-electron chi connectivity index (χ1n) is 8.66. The van der Waals surface area contributed by atoms with Gasteiger partial charge in [0, 0.05) is 24.4 Å². The Morgan fingerprint density at radius 3 is 2.96 bits per heavy atom. The Hall–Kier alpha value is -3.13. The van der Waals surface area contributed by atoms with Gasteiger partial charge in [0.25, 0.3) is 5.89 Å². The Balaban J connectivity index is 1.50. The van der Waals surface area contributed by atoms with Crippen LogP contribution in [0, 0.1) is 0 Å². The van der Waals surface area contributed by atoms with Crippen LogP contribution in [0.25, 0.3) is 11.4 Å². The van der Waals surface area contributed by atoms with Crippen molar-refractivity contribution in [2.24, 2.45) is 0 Å². The van der Waals surface area contributed by atoms with Crippen molar-refractivity contribution in [3.05, 3.63) is 53.1 Å². The van der Waals surface area contributed by atoms with Gasteiger partial charge in [0.15, 0.2) is 17.6 Å². The minimum atomic E-state index is -0.750. The van der Waals surface area contributed by atoms with Gasteiger partial charge in [0.2, 0.25) is 5.82 Å². The summed E-state index contributed by atoms with van der Waals surface area (Å²) in [6.07, 6.45) is 3.25. The van der Waals surface area contributed by atoms with E-state index in [1.54, 1.807) is 37.5 Å². The van der Waals surface area contributed by atoms with E-state index >= 15 is 0 Å². The number of hydrogen-bond donors (Lipinski definition) is 0. The van der Waals surface area contributed by atoms with E-state index in [0.717, 1.165) is 6.42 Å². The van der Waals surface area contributed by atoms with Crippen molar-refractivity contribution < 1.29 is 23.5 Å². The summed E-state index contributed by atoms with van der Waals surface area (Å²) < 4.78 is 21.8. The van der Waals surface area contributed by atoms with Crippen LogP contribution in [0.15, 0.2) is 41.2 Å². The van der Waals surface area contributed by atoms with E-state index in [9.17, 15) is 4.79 Å². The van der Waals surface area contributed by atoms with E-state index in [4.69, 9.17) is 30.3 Å². The summed E-state index contributed by atoms with van der Waals surface area (Å²) in [6, 6.07) is 6.61. The minimum absolute atomic E-state index is 0.174. The number of fused-ring (bicyclic) bond motifs is 1. The van der Waals surface area contributed by atoms with E-state index < -0.39 is 12.1 Å². The van der Waals surface area contributed by atoms with Gasteiger partial charge in [0.05, 0.1) is 23.8 Å². The van der Waals surface area contributed by atoms with Crippen LogP contribution in [0.1, 0.15) is 35.7 Å². The van der Waals surface area contributed by atoms with Gasteiger partial charge in [-0.05, 0) is 31.2 Å². The average molecular weight is 402 g/mol.